The summed E-state index contributed by atoms with van der Waals surface area (Å²) in [4.78, 5) is 11.4. The van der Waals surface area contributed by atoms with Crippen molar-refractivity contribution in [2.24, 2.45) is 0 Å². The Morgan fingerprint density at radius 1 is 1.25 bits per heavy atom. The third kappa shape index (κ3) is 1.79. The normalized spacial score (nSPS) is 10.1. The van der Waals surface area contributed by atoms with E-state index in [1.807, 2.05) is 31.2 Å². The Morgan fingerprint density at radius 2 is 1.94 bits per heavy atom. The monoisotopic (exact) mass is 217 g/mol. The zero-order valence-corrected chi connectivity index (χ0v) is 9.02. The molecule has 0 aliphatic heterocycles. The lowest BCUT2D eigenvalue weighted by Gasteiger charge is -1.99. The Morgan fingerprint density at radius 3 is 2.56 bits per heavy atom. The minimum atomic E-state index is -0.496. The number of methoxy groups -OCH3 is 1. The molecule has 0 saturated carbocycles. The van der Waals surface area contributed by atoms with Gasteiger partial charge >= 0.3 is 5.97 Å². The first-order valence-electron chi connectivity index (χ1n) is 4.78. The van der Waals surface area contributed by atoms with Crippen LogP contribution in [0.5, 0.6) is 0 Å². The lowest BCUT2D eigenvalue weighted by molar-refractivity contribution is 0.0595. The molecule has 0 amide bonds. The Bertz CT molecular complexity index is 502. The van der Waals surface area contributed by atoms with E-state index in [4.69, 9.17) is 0 Å². The molecule has 1 N–H and O–H groups in total. The summed E-state index contributed by atoms with van der Waals surface area (Å²) in [6.45, 7) is 1.99. The lowest BCUT2D eigenvalue weighted by Crippen LogP contribution is -2.03. The van der Waals surface area contributed by atoms with E-state index in [0.29, 0.717) is 5.69 Å². The predicted octanol–water partition coefficient (Wildman–Crippen LogP) is 1.57. The second kappa shape index (κ2) is 4.14. The van der Waals surface area contributed by atoms with Crippen molar-refractivity contribution in [2.45, 2.75) is 6.92 Å². The second-order valence-electron chi connectivity index (χ2n) is 3.38. The van der Waals surface area contributed by atoms with Gasteiger partial charge < -0.3 is 4.74 Å². The van der Waals surface area contributed by atoms with Gasteiger partial charge in [0, 0.05) is 5.56 Å². The number of rotatable bonds is 2. The van der Waals surface area contributed by atoms with Crippen LogP contribution < -0.4 is 0 Å². The molecule has 0 aliphatic rings. The maximum atomic E-state index is 11.4. The summed E-state index contributed by atoms with van der Waals surface area (Å²) in [5, 5.41) is 10.1. The Kier molecular flexibility index (Phi) is 2.68. The molecule has 0 atom stereocenters. The molecule has 0 bridgehead atoms. The maximum absolute atomic E-state index is 11.4. The molecule has 5 heteroatoms. The Hall–Kier alpha value is -2.17. The Labute approximate surface area is 92.4 Å². The molecular weight excluding hydrogens is 206 g/mol. The molecule has 0 radical (unpaired) electrons. The van der Waals surface area contributed by atoms with Crippen molar-refractivity contribution in [2.75, 3.05) is 7.11 Å². The minimum Gasteiger partial charge on any atom is -0.464 e. The number of aryl methyl sites for hydroxylation is 1. The summed E-state index contributed by atoms with van der Waals surface area (Å²) in [5.41, 5.74) is 2.69. The van der Waals surface area contributed by atoms with Gasteiger partial charge in [-0.25, -0.2) is 4.79 Å². The zero-order valence-electron chi connectivity index (χ0n) is 9.02. The number of aromatic amines is 1. The average Bonchev–Trinajstić information content (AvgIpc) is 2.78. The lowest BCUT2D eigenvalue weighted by atomic mass is 10.1. The minimum absolute atomic E-state index is 0.200. The molecule has 2 aromatic rings. The molecule has 0 aliphatic carbocycles. The van der Waals surface area contributed by atoms with Crippen molar-refractivity contribution in [3.05, 3.63) is 35.5 Å². The van der Waals surface area contributed by atoms with Gasteiger partial charge in [-0.2, -0.15) is 10.3 Å². The van der Waals surface area contributed by atoms with Crippen LogP contribution in [0.25, 0.3) is 11.3 Å². The Balaban J connectivity index is 2.44. The van der Waals surface area contributed by atoms with E-state index in [1.165, 1.54) is 7.11 Å². The number of hydrogen-bond donors (Lipinski definition) is 1. The number of aromatic nitrogens is 3. The van der Waals surface area contributed by atoms with E-state index in [-0.39, 0.29) is 5.69 Å². The van der Waals surface area contributed by atoms with E-state index < -0.39 is 5.97 Å². The number of carbonyl (C=O) groups is 1. The van der Waals surface area contributed by atoms with Crippen LogP contribution in [0, 0.1) is 6.92 Å². The highest BCUT2D eigenvalue weighted by Gasteiger charge is 2.17. The number of hydrogen-bond acceptors (Lipinski definition) is 4. The smallest absolute Gasteiger partial charge is 0.360 e. The fourth-order valence-electron chi connectivity index (χ4n) is 1.38. The van der Waals surface area contributed by atoms with Crippen molar-refractivity contribution in [1.29, 1.82) is 0 Å². The first-order chi connectivity index (χ1) is 7.72. The summed E-state index contributed by atoms with van der Waals surface area (Å²) >= 11 is 0. The molecule has 0 fully saturated rings. The summed E-state index contributed by atoms with van der Waals surface area (Å²) in [6.07, 6.45) is 0. The number of nitrogens with zero attached hydrogens (tertiary/aromatic N) is 2. The highest BCUT2D eigenvalue weighted by atomic mass is 16.5. The van der Waals surface area contributed by atoms with Crippen molar-refractivity contribution in [3.8, 4) is 11.3 Å². The third-order valence-corrected chi connectivity index (χ3v) is 2.25. The molecule has 5 nitrogen and oxygen atoms in total. The van der Waals surface area contributed by atoms with Gasteiger partial charge in [-0.05, 0) is 6.92 Å². The summed E-state index contributed by atoms with van der Waals surface area (Å²) < 4.78 is 4.62. The van der Waals surface area contributed by atoms with Crippen LogP contribution in [0.2, 0.25) is 0 Å². The summed E-state index contributed by atoms with van der Waals surface area (Å²) in [6, 6.07) is 7.68. The zero-order chi connectivity index (χ0) is 11.5. The average molecular weight is 217 g/mol. The van der Waals surface area contributed by atoms with Gasteiger partial charge in [0.1, 0.15) is 5.69 Å². The largest absolute Gasteiger partial charge is 0.464 e. The molecule has 2 rings (SSSR count). The first-order valence-corrected chi connectivity index (χ1v) is 4.78. The van der Waals surface area contributed by atoms with E-state index in [1.54, 1.807) is 0 Å². The fraction of sp³-hybridized carbons (Fsp3) is 0.182. The van der Waals surface area contributed by atoms with Crippen LogP contribution in [0.4, 0.5) is 0 Å². The van der Waals surface area contributed by atoms with Gasteiger partial charge in [-0.15, -0.1) is 5.10 Å². The molecule has 0 unspecified atom stereocenters. The number of nitrogens with one attached hydrogen (secondary N) is 1. The molecule has 1 aromatic heterocycles. The van der Waals surface area contributed by atoms with Crippen LogP contribution in [-0.2, 0) is 4.74 Å². The number of esters is 1. The number of H-pyrrole nitrogens is 1. The number of carbonyl (C=O) groups excluding carboxylic acids is 1. The van der Waals surface area contributed by atoms with Gasteiger partial charge in [0.05, 0.1) is 7.11 Å². The number of ether oxygens (including phenoxy) is 1. The van der Waals surface area contributed by atoms with Gasteiger partial charge in [0.15, 0.2) is 5.69 Å². The SMILES string of the molecule is COC(=O)c1n[nH]nc1-c1ccc(C)cc1. The van der Waals surface area contributed by atoms with Crippen molar-refractivity contribution in [1.82, 2.24) is 15.4 Å². The molecule has 0 saturated heterocycles. The predicted molar refractivity (Wildman–Crippen MR) is 57.9 cm³/mol. The molecule has 16 heavy (non-hydrogen) atoms. The van der Waals surface area contributed by atoms with Gasteiger partial charge in [0.2, 0.25) is 0 Å². The number of benzene rings is 1. The molecule has 1 heterocycles. The second-order valence-corrected chi connectivity index (χ2v) is 3.38. The highest BCUT2D eigenvalue weighted by Crippen LogP contribution is 2.20. The van der Waals surface area contributed by atoms with Gasteiger partial charge in [-0.1, -0.05) is 29.8 Å². The van der Waals surface area contributed by atoms with Crippen LogP contribution in [0.15, 0.2) is 24.3 Å². The quantitative estimate of drug-likeness (QED) is 0.775. The summed E-state index contributed by atoms with van der Waals surface area (Å²) in [7, 11) is 1.32. The molecule has 1 aromatic carbocycles. The standard InChI is InChI=1S/C11H11N3O2/c1-7-3-5-8(6-4-7)9-10(11(15)16-2)13-14-12-9/h3-6H,1-2H3,(H,12,13,14). The van der Waals surface area contributed by atoms with Crippen molar-refractivity contribution in [3.63, 3.8) is 0 Å². The topological polar surface area (TPSA) is 67.9 Å². The molecule has 82 valence electrons. The van der Waals surface area contributed by atoms with E-state index in [9.17, 15) is 4.79 Å². The third-order valence-electron chi connectivity index (χ3n) is 2.25. The maximum Gasteiger partial charge on any atom is 0.360 e. The first kappa shape index (κ1) is 10.4. The van der Waals surface area contributed by atoms with Crippen LogP contribution in [0.3, 0.4) is 0 Å². The van der Waals surface area contributed by atoms with E-state index >= 15 is 0 Å². The molecule has 0 spiro atoms. The highest BCUT2D eigenvalue weighted by molar-refractivity contribution is 5.93. The van der Waals surface area contributed by atoms with Crippen molar-refractivity contribution < 1.29 is 9.53 Å². The van der Waals surface area contributed by atoms with Gasteiger partial charge in [0.25, 0.3) is 0 Å². The van der Waals surface area contributed by atoms with E-state index in [2.05, 4.69) is 20.1 Å². The van der Waals surface area contributed by atoms with Crippen LogP contribution >= 0.6 is 0 Å². The van der Waals surface area contributed by atoms with E-state index in [0.717, 1.165) is 11.1 Å². The van der Waals surface area contributed by atoms with Crippen molar-refractivity contribution >= 4 is 5.97 Å². The summed E-state index contributed by atoms with van der Waals surface area (Å²) in [5.74, 6) is -0.496. The van der Waals surface area contributed by atoms with Crippen LogP contribution in [0.1, 0.15) is 16.1 Å². The fourth-order valence-corrected chi connectivity index (χ4v) is 1.38. The van der Waals surface area contributed by atoms with Crippen LogP contribution in [-0.4, -0.2) is 28.5 Å². The van der Waals surface area contributed by atoms with Gasteiger partial charge in [-0.3, -0.25) is 0 Å². The molecular formula is C11H11N3O2.